The van der Waals surface area contributed by atoms with Crippen LogP contribution in [0.15, 0.2) is 0 Å². The van der Waals surface area contributed by atoms with Crippen molar-refractivity contribution < 1.29 is 37.6 Å². The van der Waals surface area contributed by atoms with Gasteiger partial charge in [0.1, 0.15) is 0 Å². The van der Waals surface area contributed by atoms with Crippen LogP contribution < -0.4 is 0 Å². The van der Waals surface area contributed by atoms with Gasteiger partial charge in [0, 0.05) is 6.61 Å². The Hall–Kier alpha value is -0.103. The molecule has 0 aromatic heterocycles. The third-order valence-electron chi connectivity index (χ3n) is 2.25. The fourth-order valence-electron chi connectivity index (χ4n) is 1.25. The van der Waals surface area contributed by atoms with Gasteiger partial charge < -0.3 is 9.16 Å². The minimum atomic E-state index is -3.79. The van der Waals surface area contributed by atoms with Gasteiger partial charge >= 0.3 is 9.05 Å². The molecule has 0 aliphatic rings. The van der Waals surface area contributed by atoms with Crippen molar-refractivity contribution in [3.05, 3.63) is 0 Å². The molecule has 1 unspecified atom stereocenters. The molecule has 1 atom stereocenters. The van der Waals surface area contributed by atoms with Crippen molar-refractivity contribution in [3.8, 4) is 0 Å². The lowest BCUT2D eigenvalue weighted by atomic mass is 10.4. The van der Waals surface area contributed by atoms with E-state index < -0.39 is 15.3 Å². The Bertz CT molecular complexity index is 222. The monoisotopic (exact) mass is 342 g/mol. The highest BCUT2D eigenvalue weighted by molar-refractivity contribution is 6.52. The molecule has 0 aliphatic carbocycles. The van der Waals surface area contributed by atoms with Crippen molar-refractivity contribution in [2.24, 2.45) is 0 Å². The molecule has 0 saturated heterocycles. The zero-order valence-electron chi connectivity index (χ0n) is 14.3. The predicted molar refractivity (Wildman–Crippen MR) is 79.9 cm³/mol. The van der Waals surface area contributed by atoms with Gasteiger partial charge in [-0.05, 0) is 33.6 Å². The number of unbranched alkanes of at least 4 members (excludes halogenated alkanes) is 1. The van der Waals surface area contributed by atoms with Crippen molar-refractivity contribution >= 4 is 9.05 Å². The van der Waals surface area contributed by atoms with Crippen molar-refractivity contribution in [3.63, 3.8) is 0 Å². The van der Waals surface area contributed by atoms with Crippen LogP contribution >= 0.6 is 0 Å². The summed E-state index contributed by atoms with van der Waals surface area (Å²) in [6.45, 7) is 10.7. The molecular weight excluding hydrogens is 312 g/mol. The van der Waals surface area contributed by atoms with Crippen molar-refractivity contribution in [2.75, 3.05) is 26.4 Å². The highest BCUT2D eigenvalue weighted by atomic mass is 28.4. The van der Waals surface area contributed by atoms with Crippen LogP contribution in [-0.2, 0) is 37.6 Å². The number of rotatable bonds is 16. The molecule has 0 heterocycles. The maximum absolute atomic E-state index is 5.72. The maximum atomic E-state index is 5.72. The first-order valence-electron chi connectivity index (χ1n) is 7.89. The first-order chi connectivity index (χ1) is 10.7. The molecule has 8 nitrogen and oxygen atoms in total. The van der Waals surface area contributed by atoms with Gasteiger partial charge in [-0.2, -0.15) is 13.7 Å². The van der Waals surface area contributed by atoms with Crippen LogP contribution in [0.5, 0.6) is 0 Å². The number of hydrogen-bond donors (Lipinski definition) is 0. The lowest BCUT2D eigenvalue weighted by Crippen LogP contribution is -2.52. The third kappa shape index (κ3) is 9.82. The van der Waals surface area contributed by atoms with Gasteiger partial charge in [-0.1, -0.05) is 20.3 Å². The van der Waals surface area contributed by atoms with E-state index in [9.17, 15) is 0 Å². The lowest BCUT2D eigenvalue weighted by Gasteiger charge is -2.27. The highest BCUT2D eigenvalue weighted by Gasteiger charge is 2.54. The van der Waals surface area contributed by atoms with Crippen molar-refractivity contribution in [2.45, 2.75) is 60.2 Å². The molecule has 0 fully saturated rings. The molecule has 0 aromatic carbocycles. The van der Waals surface area contributed by atoms with Gasteiger partial charge in [-0.15, -0.1) is 0 Å². The minimum Gasteiger partial charge on any atom is -0.353 e. The number of hydrogen-bond acceptors (Lipinski definition) is 8. The lowest BCUT2D eigenvalue weighted by molar-refractivity contribution is -0.394. The standard InChI is InChI=1S/C13H30O8Si/c1-6-11-12-14-13(7-2)18-22(19-15-8-3,20-16-9-4)21-17-10-5/h13H,6-12H2,1-5H3. The molecule has 0 rings (SSSR count). The predicted octanol–water partition coefficient (Wildman–Crippen LogP) is 2.90. The maximum Gasteiger partial charge on any atom is 0.766 e. The molecule has 0 aliphatic heterocycles. The summed E-state index contributed by atoms with van der Waals surface area (Å²) in [5.41, 5.74) is 0. The van der Waals surface area contributed by atoms with Crippen LogP contribution in [0, 0.1) is 0 Å². The molecule has 0 aromatic rings. The van der Waals surface area contributed by atoms with E-state index in [4.69, 9.17) is 37.6 Å². The van der Waals surface area contributed by atoms with E-state index in [1.807, 2.05) is 6.92 Å². The Balaban J connectivity index is 4.78. The quantitative estimate of drug-likeness (QED) is 0.139. The van der Waals surface area contributed by atoms with E-state index in [1.165, 1.54) is 0 Å². The van der Waals surface area contributed by atoms with Gasteiger partial charge in [-0.25, -0.2) is 14.7 Å². The molecule has 0 amide bonds. The normalized spacial score (nSPS) is 13.5. The van der Waals surface area contributed by atoms with Crippen molar-refractivity contribution in [1.82, 2.24) is 0 Å². The van der Waals surface area contributed by atoms with Gasteiger partial charge in [-0.3, -0.25) is 0 Å². The second-order valence-corrected chi connectivity index (χ2v) is 5.89. The van der Waals surface area contributed by atoms with E-state index in [0.717, 1.165) is 12.8 Å². The molecule has 0 spiro atoms. The zero-order valence-corrected chi connectivity index (χ0v) is 15.3. The van der Waals surface area contributed by atoms with E-state index in [0.29, 0.717) is 13.0 Å². The molecule has 134 valence electrons. The Kier molecular flexibility index (Phi) is 14.4. The average molecular weight is 342 g/mol. The van der Waals surface area contributed by atoms with E-state index in [2.05, 4.69) is 6.92 Å². The van der Waals surface area contributed by atoms with Gasteiger partial charge in [0.05, 0.1) is 19.8 Å². The molecule has 0 radical (unpaired) electrons. The van der Waals surface area contributed by atoms with E-state index in [1.54, 1.807) is 20.8 Å². The Morgan fingerprint density at radius 3 is 1.64 bits per heavy atom. The topological polar surface area (TPSA) is 73.8 Å². The summed E-state index contributed by atoms with van der Waals surface area (Å²) in [4.78, 5) is 14.8. The second-order valence-electron chi connectivity index (χ2n) is 4.15. The molecule has 0 saturated carbocycles. The summed E-state index contributed by atoms with van der Waals surface area (Å²) in [6, 6.07) is 0. The van der Waals surface area contributed by atoms with Crippen LogP contribution in [0.3, 0.4) is 0 Å². The summed E-state index contributed by atoms with van der Waals surface area (Å²) in [7, 11) is -3.79. The van der Waals surface area contributed by atoms with Crippen LogP contribution in [0.4, 0.5) is 0 Å². The second kappa shape index (κ2) is 14.5. The average Bonchev–Trinajstić information content (AvgIpc) is 2.55. The SMILES string of the molecule is CCCCOC(CC)O[Si](OOCC)(OOCC)OOCC. The van der Waals surface area contributed by atoms with E-state index >= 15 is 0 Å². The summed E-state index contributed by atoms with van der Waals surface area (Å²) in [6.07, 6.45) is 1.97. The Labute approximate surface area is 134 Å². The minimum absolute atomic E-state index is 0.288. The summed E-state index contributed by atoms with van der Waals surface area (Å²) >= 11 is 0. The first kappa shape index (κ1) is 21.9. The number of ether oxygens (including phenoxy) is 1. The molecule has 9 heteroatoms. The van der Waals surface area contributed by atoms with Crippen molar-refractivity contribution in [1.29, 1.82) is 0 Å². The largest absolute Gasteiger partial charge is 0.766 e. The fourth-order valence-corrected chi connectivity index (χ4v) is 2.79. The molecule has 0 N–H and O–H groups in total. The third-order valence-corrected chi connectivity index (χ3v) is 3.76. The van der Waals surface area contributed by atoms with E-state index in [-0.39, 0.29) is 19.8 Å². The van der Waals surface area contributed by atoms with Gasteiger partial charge in [0.2, 0.25) is 0 Å². The zero-order chi connectivity index (χ0) is 16.7. The summed E-state index contributed by atoms with van der Waals surface area (Å²) < 4.78 is 26.8. The van der Waals surface area contributed by atoms with Crippen LogP contribution in [0.25, 0.3) is 0 Å². The first-order valence-corrected chi connectivity index (χ1v) is 9.52. The summed E-state index contributed by atoms with van der Waals surface area (Å²) in [5.74, 6) is 0. The molecule has 0 bridgehead atoms. The fraction of sp³-hybridized carbons (Fsp3) is 1.00. The van der Waals surface area contributed by atoms with Crippen LogP contribution in [0.2, 0.25) is 0 Å². The summed E-state index contributed by atoms with van der Waals surface area (Å²) in [5, 5.41) is 0. The molecule has 22 heavy (non-hydrogen) atoms. The van der Waals surface area contributed by atoms with Gasteiger partial charge in [0.15, 0.2) is 6.29 Å². The Morgan fingerprint density at radius 1 is 0.773 bits per heavy atom. The molecular formula is C13H30O8Si. The highest BCUT2D eigenvalue weighted by Crippen LogP contribution is 2.18. The van der Waals surface area contributed by atoms with Crippen LogP contribution in [0.1, 0.15) is 53.9 Å². The van der Waals surface area contributed by atoms with Crippen LogP contribution in [-0.4, -0.2) is 41.8 Å². The Morgan fingerprint density at radius 2 is 1.27 bits per heavy atom. The van der Waals surface area contributed by atoms with Gasteiger partial charge in [0.25, 0.3) is 0 Å². The smallest absolute Gasteiger partial charge is 0.353 e.